The highest BCUT2D eigenvalue weighted by Gasteiger charge is 2.27. The summed E-state index contributed by atoms with van der Waals surface area (Å²) < 4.78 is 10.7. The van der Waals surface area contributed by atoms with Gasteiger partial charge in [0, 0.05) is 18.6 Å². The molecule has 3 rings (SSSR count). The molecule has 2 aromatic carbocycles. The monoisotopic (exact) mass is 412 g/mol. The molecule has 158 valence electrons. The van der Waals surface area contributed by atoms with Crippen LogP contribution in [0.25, 0.3) is 0 Å². The Morgan fingerprint density at radius 3 is 2.47 bits per heavy atom. The molecule has 0 saturated heterocycles. The number of nitro benzene ring substituents is 1. The molecular weight excluding hydrogens is 388 g/mol. The van der Waals surface area contributed by atoms with Crippen LogP contribution in [-0.4, -0.2) is 29.1 Å². The number of amides is 1. The van der Waals surface area contributed by atoms with Crippen molar-refractivity contribution in [3.8, 4) is 0 Å². The van der Waals surface area contributed by atoms with Gasteiger partial charge in [0.2, 0.25) is 0 Å². The number of benzene rings is 2. The van der Waals surface area contributed by atoms with Crippen LogP contribution in [0.3, 0.4) is 0 Å². The topological polar surface area (TPSA) is 108 Å². The van der Waals surface area contributed by atoms with Crippen molar-refractivity contribution < 1.29 is 24.0 Å². The number of carbonyl (C=O) groups excluding carboxylic acids is 2. The number of rotatable bonds is 8. The summed E-state index contributed by atoms with van der Waals surface area (Å²) in [5.41, 5.74) is 1.27. The zero-order valence-corrected chi connectivity index (χ0v) is 16.5. The van der Waals surface area contributed by atoms with Crippen molar-refractivity contribution in [3.05, 3.63) is 75.8 Å². The normalized spacial score (nSPS) is 14.7. The molecule has 0 aromatic heterocycles. The first-order valence-electron chi connectivity index (χ1n) is 9.92. The zero-order chi connectivity index (χ0) is 21.3. The zero-order valence-electron chi connectivity index (χ0n) is 16.5. The number of non-ortho nitro benzene ring substituents is 1. The molecule has 8 nitrogen and oxygen atoms in total. The number of hydrogen-bond acceptors (Lipinski definition) is 6. The predicted molar refractivity (Wildman–Crippen MR) is 109 cm³/mol. The molecule has 1 fully saturated rings. The van der Waals surface area contributed by atoms with E-state index in [2.05, 4.69) is 5.32 Å². The molecule has 0 aliphatic heterocycles. The van der Waals surface area contributed by atoms with Gasteiger partial charge in [-0.2, -0.15) is 0 Å². The second-order valence-corrected chi connectivity index (χ2v) is 7.23. The van der Waals surface area contributed by atoms with E-state index >= 15 is 0 Å². The first-order valence-corrected chi connectivity index (χ1v) is 9.92. The summed E-state index contributed by atoms with van der Waals surface area (Å²) in [4.78, 5) is 35.3. The average Bonchev–Trinajstić information content (AvgIpc) is 3.26. The fraction of sp³-hybridized carbons (Fsp3) is 0.364. The predicted octanol–water partition coefficient (Wildman–Crippen LogP) is 3.92. The van der Waals surface area contributed by atoms with Gasteiger partial charge in [-0.25, -0.2) is 9.59 Å². The smallest absolute Gasteiger partial charge is 0.408 e. The fourth-order valence-corrected chi connectivity index (χ4v) is 3.39. The van der Waals surface area contributed by atoms with Crippen molar-refractivity contribution in [2.75, 3.05) is 0 Å². The van der Waals surface area contributed by atoms with Gasteiger partial charge in [0.15, 0.2) is 0 Å². The standard InChI is InChI=1S/C22H24N2O6/c25-21(30-19-11-4-5-12-19)20(14-16-7-2-1-3-8-16)23-22(26)29-15-17-9-6-10-18(13-17)24(27)28/h1-3,6-10,13,19-20H,4-5,11-12,14-15H2,(H,23,26)/t20-/m0/s1. The van der Waals surface area contributed by atoms with Gasteiger partial charge in [-0.3, -0.25) is 10.1 Å². The summed E-state index contributed by atoms with van der Waals surface area (Å²) in [5.74, 6) is -0.488. The van der Waals surface area contributed by atoms with Crippen LogP contribution in [0.1, 0.15) is 36.8 Å². The van der Waals surface area contributed by atoms with E-state index in [-0.39, 0.29) is 24.8 Å². The Bertz CT molecular complexity index is 880. The van der Waals surface area contributed by atoms with Crippen LogP contribution >= 0.6 is 0 Å². The molecular formula is C22H24N2O6. The second-order valence-electron chi connectivity index (χ2n) is 7.23. The van der Waals surface area contributed by atoms with E-state index < -0.39 is 23.0 Å². The minimum absolute atomic E-state index is 0.0846. The lowest BCUT2D eigenvalue weighted by Crippen LogP contribution is -2.44. The highest BCUT2D eigenvalue weighted by Crippen LogP contribution is 2.22. The number of alkyl carbamates (subject to hydrolysis) is 1. The van der Waals surface area contributed by atoms with Crippen molar-refractivity contribution in [1.29, 1.82) is 0 Å². The Morgan fingerprint density at radius 1 is 1.07 bits per heavy atom. The lowest BCUT2D eigenvalue weighted by atomic mass is 10.1. The Morgan fingerprint density at radius 2 is 1.77 bits per heavy atom. The third-order valence-electron chi connectivity index (χ3n) is 4.94. The molecule has 1 aliphatic carbocycles. The number of hydrogen-bond donors (Lipinski definition) is 1. The molecule has 0 spiro atoms. The summed E-state index contributed by atoms with van der Waals surface area (Å²) in [7, 11) is 0. The van der Waals surface area contributed by atoms with E-state index in [0.717, 1.165) is 31.2 Å². The van der Waals surface area contributed by atoms with Crippen molar-refractivity contribution in [3.63, 3.8) is 0 Å². The van der Waals surface area contributed by atoms with Crippen molar-refractivity contribution in [1.82, 2.24) is 5.32 Å². The van der Waals surface area contributed by atoms with Crippen molar-refractivity contribution in [2.45, 2.75) is 50.9 Å². The summed E-state index contributed by atoms with van der Waals surface area (Å²) in [6, 6.07) is 14.3. The minimum Gasteiger partial charge on any atom is -0.461 e. The van der Waals surface area contributed by atoms with E-state index in [1.165, 1.54) is 18.2 Å². The fourth-order valence-electron chi connectivity index (χ4n) is 3.39. The van der Waals surface area contributed by atoms with Crippen LogP contribution in [0, 0.1) is 10.1 Å². The number of ether oxygens (including phenoxy) is 2. The van der Waals surface area contributed by atoms with Gasteiger partial charge in [-0.1, -0.05) is 42.5 Å². The largest absolute Gasteiger partial charge is 0.461 e. The molecule has 1 atom stereocenters. The first kappa shape index (κ1) is 21.3. The van der Waals surface area contributed by atoms with Gasteiger partial charge in [-0.15, -0.1) is 0 Å². The van der Waals surface area contributed by atoms with E-state index in [1.807, 2.05) is 30.3 Å². The quantitative estimate of drug-likeness (QED) is 0.400. The summed E-state index contributed by atoms with van der Waals surface area (Å²) >= 11 is 0. The van der Waals surface area contributed by atoms with E-state index in [0.29, 0.717) is 5.56 Å². The number of esters is 1. The second kappa shape index (κ2) is 10.4. The van der Waals surface area contributed by atoms with Crippen LogP contribution in [0.5, 0.6) is 0 Å². The van der Waals surface area contributed by atoms with E-state index in [1.54, 1.807) is 6.07 Å². The van der Waals surface area contributed by atoms with Crippen LogP contribution < -0.4 is 5.32 Å². The van der Waals surface area contributed by atoms with Gasteiger partial charge >= 0.3 is 12.1 Å². The number of nitrogens with one attached hydrogen (secondary N) is 1. The number of nitro groups is 1. The molecule has 0 unspecified atom stereocenters. The first-order chi connectivity index (χ1) is 14.5. The summed E-state index contributed by atoms with van der Waals surface area (Å²) in [6.07, 6.45) is 3.10. The molecule has 1 saturated carbocycles. The Balaban J connectivity index is 1.60. The molecule has 1 N–H and O–H groups in total. The third-order valence-corrected chi connectivity index (χ3v) is 4.94. The Labute approximate surface area is 174 Å². The number of nitrogens with zero attached hydrogens (tertiary/aromatic N) is 1. The summed E-state index contributed by atoms with van der Waals surface area (Å²) in [5, 5.41) is 13.4. The Kier molecular flexibility index (Phi) is 7.37. The van der Waals surface area contributed by atoms with E-state index in [4.69, 9.17) is 9.47 Å². The maximum absolute atomic E-state index is 12.7. The van der Waals surface area contributed by atoms with Crippen molar-refractivity contribution >= 4 is 17.7 Å². The SMILES string of the molecule is O=C(N[C@@H](Cc1ccccc1)C(=O)OC1CCCC1)OCc1cccc([N+](=O)[O-])c1. The molecule has 1 amide bonds. The third kappa shape index (κ3) is 6.30. The van der Waals surface area contributed by atoms with Crippen LogP contribution in [-0.2, 0) is 27.3 Å². The van der Waals surface area contributed by atoms with Crippen LogP contribution in [0.15, 0.2) is 54.6 Å². The molecule has 0 heterocycles. The molecule has 8 heteroatoms. The minimum atomic E-state index is -0.884. The lowest BCUT2D eigenvalue weighted by molar-refractivity contribution is -0.384. The molecule has 1 aliphatic rings. The molecule has 0 bridgehead atoms. The average molecular weight is 412 g/mol. The van der Waals surface area contributed by atoms with Crippen LogP contribution in [0.4, 0.5) is 10.5 Å². The number of carbonyl (C=O) groups is 2. The van der Waals surface area contributed by atoms with Gasteiger partial charge in [-0.05, 0) is 36.8 Å². The Hall–Kier alpha value is -3.42. The van der Waals surface area contributed by atoms with Crippen LogP contribution in [0.2, 0.25) is 0 Å². The maximum atomic E-state index is 12.7. The molecule has 2 aromatic rings. The maximum Gasteiger partial charge on any atom is 0.408 e. The van der Waals surface area contributed by atoms with E-state index in [9.17, 15) is 19.7 Å². The highest BCUT2D eigenvalue weighted by atomic mass is 16.6. The van der Waals surface area contributed by atoms with Gasteiger partial charge in [0.25, 0.3) is 5.69 Å². The highest BCUT2D eigenvalue weighted by molar-refractivity contribution is 5.81. The van der Waals surface area contributed by atoms with Gasteiger partial charge < -0.3 is 14.8 Å². The summed E-state index contributed by atoms with van der Waals surface area (Å²) in [6.45, 7) is -0.150. The lowest BCUT2D eigenvalue weighted by Gasteiger charge is -2.20. The molecule has 0 radical (unpaired) electrons. The van der Waals surface area contributed by atoms with Gasteiger partial charge in [0.1, 0.15) is 18.8 Å². The molecule has 30 heavy (non-hydrogen) atoms. The van der Waals surface area contributed by atoms with Gasteiger partial charge in [0.05, 0.1) is 4.92 Å². The van der Waals surface area contributed by atoms with Crippen molar-refractivity contribution in [2.24, 2.45) is 0 Å².